The number of nitrogens with zero attached hydrogens (tertiary/aromatic N) is 2. The molecule has 0 unspecified atom stereocenters. The molecule has 1 amide bonds. The average molecular weight is 408 g/mol. The van der Waals surface area contributed by atoms with E-state index >= 15 is 0 Å². The van der Waals surface area contributed by atoms with E-state index in [0.29, 0.717) is 21.3 Å². The van der Waals surface area contributed by atoms with Crippen molar-refractivity contribution in [2.24, 2.45) is 0 Å². The molecule has 0 aliphatic carbocycles. The number of hydrogen-bond acceptors (Lipinski definition) is 4. The smallest absolute Gasteiger partial charge is 0.293 e. The molecule has 142 valence electrons. The number of anilines is 1. The summed E-state index contributed by atoms with van der Waals surface area (Å²) in [5.41, 5.74) is 1.48. The second-order valence-corrected chi connectivity index (χ2v) is 7.27. The van der Waals surface area contributed by atoms with E-state index in [1.807, 2.05) is 4.90 Å². The third-order valence-electron chi connectivity index (χ3n) is 4.59. The molecule has 8 heteroatoms. The van der Waals surface area contributed by atoms with E-state index in [9.17, 15) is 14.9 Å². The fourth-order valence-electron chi connectivity index (χ4n) is 3.16. The molecule has 1 heterocycles. The summed E-state index contributed by atoms with van der Waals surface area (Å²) in [4.78, 5) is 25.5. The van der Waals surface area contributed by atoms with Crippen molar-refractivity contribution in [3.8, 4) is 0 Å². The molecule has 0 radical (unpaired) electrons. The normalized spacial score (nSPS) is 14.1. The number of amides is 1. The minimum atomic E-state index is -0.434. The van der Waals surface area contributed by atoms with Crippen LogP contribution in [-0.4, -0.2) is 23.9 Å². The molecule has 0 spiro atoms. The molecule has 0 bridgehead atoms. The van der Waals surface area contributed by atoms with E-state index in [1.165, 1.54) is 6.07 Å². The largest absolute Gasteiger partial charge is 0.366 e. The summed E-state index contributed by atoms with van der Waals surface area (Å²) in [5, 5.41) is 15.2. The van der Waals surface area contributed by atoms with Crippen LogP contribution in [-0.2, 0) is 6.54 Å². The Morgan fingerprint density at radius 2 is 1.85 bits per heavy atom. The molecule has 1 fully saturated rings. The Bertz CT molecular complexity index is 867. The SMILES string of the molecule is O=C(NCc1ccc(Cl)cc1Cl)c1ccc(N2CCCCC2)c([N+](=O)[O-])c1. The molecule has 1 N–H and O–H groups in total. The van der Waals surface area contributed by atoms with Crippen molar-refractivity contribution in [3.63, 3.8) is 0 Å². The second-order valence-electron chi connectivity index (χ2n) is 6.43. The summed E-state index contributed by atoms with van der Waals surface area (Å²) in [5.74, 6) is -0.394. The van der Waals surface area contributed by atoms with Gasteiger partial charge in [-0.05, 0) is 49.1 Å². The molecule has 0 atom stereocenters. The maximum absolute atomic E-state index is 12.4. The molecular weight excluding hydrogens is 389 g/mol. The number of nitrogens with one attached hydrogen (secondary N) is 1. The summed E-state index contributed by atoms with van der Waals surface area (Å²) in [6.45, 7) is 1.79. The molecule has 3 rings (SSSR count). The van der Waals surface area contributed by atoms with Crippen LogP contribution in [0.5, 0.6) is 0 Å². The van der Waals surface area contributed by atoms with Crippen molar-refractivity contribution in [3.05, 3.63) is 67.7 Å². The third-order valence-corrected chi connectivity index (χ3v) is 5.17. The van der Waals surface area contributed by atoms with Crippen molar-refractivity contribution in [2.45, 2.75) is 25.8 Å². The standard InChI is InChI=1S/C19H19Cl2N3O3/c20-15-6-4-14(16(21)11-15)12-22-19(25)13-5-7-17(18(10-13)24(26)27)23-8-2-1-3-9-23/h4-7,10-11H,1-3,8-9,12H2,(H,22,25). The van der Waals surface area contributed by atoms with Gasteiger partial charge in [0.2, 0.25) is 0 Å². The second kappa shape index (κ2) is 8.59. The maximum Gasteiger partial charge on any atom is 0.293 e. The van der Waals surface area contributed by atoms with Crippen LogP contribution in [0.4, 0.5) is 11.4 Å². The number of halogens is 2. The maximum atomic E-state index is 12.4. The number of piperidine rings is 1. The van der Waals surface area contributed by atoms with Crippen LogP contribution in [0.1, 0.15) is 35.2 Å². The van der Waals surface area contributed by atoms with Gasteiger partial charge in [0.05, 0.1) is 4.92 Å². The number of rotatable bonds is 5. The highest BCUT2D eigenvalue weighted by atomic mass is 35.5. The van der Waals surface area contributed by atoms with Crippen molar-refractivity contribution in [2.75, 3.05) is 18.0 Å². The lowest BCUT2D eigenvalue weighted by Gasteiger charge is -2.28. The average Bonchev–Trinajstić information content (AvgIpc) is 2.67. The Balaban J connectivity index is 1.76. The first-order valence-corrected chi connectivity index (χ1v) is 9.47. The van der Waals surface area contributed by atoms with Crippen molar-refractivity contribution >= 4 is 40.5 Å². The van der Waals surface area contributed by atoms with Crippen molar-refractivity contribution in [1.29, 1.82) is 0 Å². The minimum Gasteiger partial charge on any atom is -0.366 e. The third kappa shape index (κ3) is 4.70. The fraction of sp³-hybridized carbons (Fsp3) is 0.316. The first kappa shape index (κ1) is 19.5. The molecule has 0 saturated carbocycles. The summed E-state index contributed by atoms with van der Waals surface area (Å²) in [6.07, 6.45) is 3.17. The highest BCUT2D eigenvalue weighted by Gasteiger charge is 2.23. The first-order chi connectivity index (χ1) is 13.0. The van der Waals surface area contributed by atoms with Gasteiger partial charge in [-0.1, -0.05) is 29.3 Å². The summed E-state index contributed by atoms with van der Waals surface area (Å²) < 4.78 is 0. The lowest BCUT2D eigenvalue weighted by atomic mass is 10.1. The van der Waals surface area contributed by atoms with E-state index in [1.54, 1.807) is 30.3 Å². The molecule has 1 saturated heterocycles. The Morgan fingerprint density at radius 1 is 1.11 bits per heavy atom. The van der Waals surface area contributed by atoms with E-state index in [-0.39, 0.29) is 17.8 Å². The number of carbonyl (C=O) groups is 1. The molecule has 1 aliphatic rings. The van der Waals surface area contributed by atoms with Gasteiger partial charge in [0.15, 0.2) is 0 Å². The zero-order chi connectivity index (χ0) is 19.4. The Hall–Kier alpha value is -2.31. The van der Waals surface area contributed by atoms with E-state index < -0.39 is 10.8 Å². The molecular formula is C19H19Cl2N3O3. The number of hydrogen-bond donors (Lipinski definition) is 1. The Kier molecular flexibility index (Phi) is 6.19. The fourth-order valence-corrected chi connectivity index (χ4v) is 3.63. The minimum absolute atomic E-state index is 0.0472. The lowest BCUT2D eigenvalue weighted by molar-refractivity contribution is -0.384. The summed E-state index contributed by atoms with van der Waals surface area (Å²) >= 11 is 12.0. The molecule has 27 heavy (non-hydrogen) atoms. The topological polar surface area (TPSA) is 75.5 Å². The molecule has 1 aliphatic heterocycles. The first-order valence-electron chi connectivity index (χ1n) is 8.71. The summed E-state index contributed by atoms with van der Waals surface area (Å²) in [6, 6.07) is 9.63. The Morgan fingerprint density at radius 3 is 2.52 bits per heavy atom. The highest BCUT2D eigenvalue weighted by Crippen LogP contribution is 2.31. The predicted octanol–water partition coefficient (Wildman–Crippen LogP) is 4.82. The molecule has 0 aromatic heterocycles. The van der Waals surface area contributed by atoms with Gasteiger partial charge in [-0.15, -0.1) is 0 Å². The molecule has 6 nitrogen and oxygen atoms in total. The van der Waals surface area contributed by atoms with E-state index in [0.717, 1.165) is 32.4 Å². The van der Waals surface area contributed by atoms with Crippen LogP contribution >= 0.6 is 23.2 Å². The van der Waals surface area contributed by atoms with Crippen LogP contribution < -0.4 is 10.2 Å². The van der Waals surface area contributed by atoms with Crippen LogP contribution in [0.15, 0.2) is 36.4 Å². The van der Waals surface area contributed by atoms with Gasteiger partial charge < -0.3 is 10.2 Å². The van der Waals surface area contributed by atoms with Gasteiger partial charge in [-0.2, -0.15) is 0 Å². The number of carbonyl (C=O) groups excluding carboxylic acids is 1. The Labute approximate surface area is 167 Å². The number of benzene rings is 2. The van der Waals surface area contributed by atoms with E-state index in [2.05, 4.69) is 5.32 Å². The number of nitro benzene ring substituents is 1. The van der Waals surface area contributed by atoms with Crippen LogP contribution in [0.2, 0.25) is 10.0 Å². The highest BCUT2D eigenvalue weighted by molar-refractivity contribution is 6.35. The van der Waals surface area contributed by atoms with E-state index in [4.69, 9.17) is 23.2 Å². The van der Waals surface area contributed by atoms with Gasteiger partial charge in [0.25, 0.3) is 11.6 Å². The van der Waals surface area contributed by atoms with Crippen LogP contribution in [0.3, 0.4) is 0 Å². The van der Waals surface area contributed by atoms with Gasteiger partial charge in [0, 0.05) is 41.3 Å². The van der Waals surface area contributed by atoms with Gasteiger partial charge in [-0.25, -0.2) is 0 Å². The van der Waals surface area contributed by atoms with Crippen molar-refractivity contribution in [1.82, 2.24) is 5.32 Å². The van der Waals surface area contributed by atoms with Gasteiger partial charge in [0.1, 0.15) is 5.69 Å². The summed E-state index contributed by atoms with van der Waals surface area (Å²) in [7, 11) is 0. The van der Waals surface area contributed by atoms with Crippen LogP contribution in [0, 0.1) is 10.1 Å². The van der Waals surface area contributed by atoms with Crippen LogP contribution in [0.25, 0.3) is 0 Å². The van der Waals surface area contributed by atoms with Gasteiger partial charge in [-0.3, -0.25) is 14.9 Å². The molecule has 2 aromatic carbocycles. The van der Waals surface area contributed by atoms with Crippen molar-refractivity contribution < 1.29 is 9.72 Å². The quantitative estimate of drug-likeness (QED) is 0.569. The molecule has 2 aromatic rings. The zero-order valence-corrected chi connectivity index (χ0v) is 16.1. The van der Waals surface area contributed by atoms with Gasteiger partial charge >= 0.3 is 0 Å². The number of nitro groups is 1. The monoisotopic (exact) mass is 407 g/mol. The lowest BCUT2D eigenvalue weighted by Crippen LogP contribution is -2.30. The zero-order valence-electron chi connectivity index (χ0n) is 14.6. The predicted molar refractivity (Wildman–Crippen MR) is 107 cm³/mol.